The van der Waals surface area contributed by atoms with Crippen LogP contribution in [0.3, 0.4) is 0 Å². The van der Waals surface area contributed by atoms with Crippen molar-refractivity contribution in [1.82, 2.24) is 24.7 Å². The van der Waals surface area contributed by atoms with E-state index in [9.17, 15) is 38.4 Å². The molecule has 2 aromatic carbocycles. The molecule has 0 unspecified atom stereocenters. The number of aromatic hydroxyl groups is 4. The van der Waals surface area contributed by atoms with Gasteiger partial charge in [-0.25, -0.2) is 9.67 Å². The topological polar surface area (TPSA) is 173 Å². The molecule has 0 fully saturated rings. The Kier molecular flexibility index (Phi) is 5.63. The molecule has 45 heavy (non-hydrogen) atoms. The molecule has 228 valence electrons. The second-order valence-corrected chi connectivity index (χ2v) is 10.7. The average Bonchev–Trinajstić information content (AvgIpc) is 3.45. The van der Waals surface area contributed by atoms with E-state index in [1.165, 1.54) is 35.9 Å². The number of pyridine rings is 1. The van der Waals surface area contributed by atoms with Crippen LogP contribution in [0.4, 0.5) is 13.2 Å². The van der Waals surface area contributed by atoms with Crippen LogP contribution >= 0.6 is 0 Å². The summed E-state index contributed by atoms with van der Waals surface area (Å²) in [5.74, 6) is -2.15. The molecule has 12 nitrogen and oxygen atoms in total. The molecule has 1 atom stereocenters. The number of carbonyl (C=O) groups excluding carboxylic acids is 1. The molecule has 4 N–H and O–H groups in total. The fourth-order valence-corrected chi connectivity index (χ4v) is 5.81. The Bertz CT molecular complexity index is 2160. The van der Waals surface area contributed by atoms with Crippen LogP contribution in [0, 0.1) is 13.8 Å². The van der Waals surface area contributed by atoms with Crippen LogP contribution < -0.4 is 9.47 Å². The number of rotatable bonds is 3. The molecule has 15 heteroatoms. The van der Waals surface area contributed by atoms with Crippen LogP contribution in [0.25, 0.3) is 34.1 Å². The van der Waals surface area contributed by atoms with Crippen molar-refractivity contribution in [2.45, 2.75) is 32.5 Å². The highest BCUT2D eigenvalue weighted by Gasteiger charge is 2.55. The molecule has 0 bridgehead atoms. The van der Waals surface area contributed by atoms with Gasteiger partial charge in [0.05, 0.1) is 44.8 Å². The van der Waals surface area contributed by atoms with E-state index >= 15 is 0 Å². The molecule has 2 aliphatic rings. The van der Waals surface area contributed by atoms with Crippen molar-refractivity contribution < 1.29 is 47.9 Å². The van der Waals surface area contributed by atoms with E-state index in [0.717, 1.165) is 12.1 Å². The van der Waals surface area contributed by atoms with Crippen LogP contribution in [0.5, 0.6) is 34.9 Å². The summed E-state index contributed by atoms with van der Waals surface area (Å²) >= 11 is 0. The second-order valence-electron chi connectivity index (χ2n) is 10.7. The number of hydrogen-bond acceptors (Lipinski definition) is 11. The summed E-state index contributed by atoms with van der Waals surface area (Å²) in [5.41, 5.74) is -0.295. The van der Waals surface area contributed by atoms with Gasteiger partial charge in [-0.2, -0.15) is 15.1 Å². The lowest BCUT2D eigenvalue weighted by molar-refractivity contribution is -0.274. The van der Waals surface area contributed by atoms with Crippen molar-refractivity contribution in [3.05, 3.63) is 70.2 Å². The largest absolute Gasteiger partial charge is 0.573 e. The van der Waals surface area contributed by atoms with Crippen LogP contribution in [-0.2, 0) is 5.41 Å². The smallest absolute Gasteiger partial charge is 0.507 e. The zero-order valence-electron chi connectivity index (χ0n) is 23.4. The Labute approximate surface area is 250 Å². The first kappa shape index (κ1) is 27.9. The number of benzene rings is 2. The molecular formula is C30H20F3N5O7. The van der Waals surface area contributed by atoms with Gasteiger partial charge in [0, 0.05) is 11.6 Å². The molecule has 1 aliphatic heterocycles. The van der Waals surface area contributed by atoms with E-state index in [2.05, 4.69) is 24.8 Å². The van der Waals surface area contributed by atoms with Crippen molar-refractivity contribution >= 4 is 22.9 Å². The van der Waals surface area contributed by atoms with Gasteiger partial charge in [-0.15, -0.1) is 13.2 Å². The van der Waals surface area contributed by atoms with Gasteiger partial charge >= 0.3 is 12.4 Å². The number of halogens is 3. The SMILES string of the molecule is Cc1nn(-c2ccc(OC(F)(F)F)cc2)c2c1C(=O)[C@@]1(C)C(=C2)Oc2c(-c3ccc4c(O)nc(O)nc4n3)c(O)c(C)c(O)c21. The molecule has 0 radical (unpaired) electrons. The number of ether oxygens (including phenoxy) is 2. The monoisotopic (exact) mass is 619 g/mol. The lowest BCUT2D eigenvalue weighted by atomic mass is 9.71. The lowest BCUT2D eigenvalue weighted by Crippen LogP contribution is -2.36. The maximum Gasteiger partial charge on any atom is 0.573 e. The molecule has 4 heterocycles. The normalized spacial score (nSPS) is 17.0. The van der Waals surface area contributed by atoms with Crippen LogP contribution in [0.15, 0.2) is 42.2 Å². The Balaban J connectivity index is 1.40. The van der Waals surface area contributed by atoms with E-state index in [0.29, 0.717) is 11.4 Å². The Morgan fingerprint density at radius 1 is 0.933 bits per heavy atom. The maximum absolute atomic E-state index is 14.3. The van der Waals surface area contributed by atoms with Gasteiger partial charge in [-0.1, -0.05) is 0 Å². The van der Waals surface area contributed by atoms with E-state index in [4.69, 9.17) is 4.74 Å². The molecule has 7 rings (SSSR count). The zero-order valence-corrected chi connectivity index (χ0v) is 23.4. The number of nitrogens with zero attached hydrogens (tertiary/aromatic N) is 5. The quantitative estimate of drug-likeness (QED) is 0.212. The van der Waals surface area contributed by atoms with Gasteiger partial charge in [0.25, 0.3) is 0 Å². The highest BCUT2D eigenvalue weighted by molar-refractivity contribution is 6.14. The van der Waals surface area contributed by atoms with Crippen LogP contribution in [0.2, 0.25) is 0 Å². The molecular weight excluding hydrogens is 599 g/mol. The number of allylic oxidation sites excluding steroid dienone is 1. The Morgan fingerprint density at radius 3 is 2.33 bits per heavy atom. The number of Topliss-reactive ketones (excluding diaryl/α,β-unsaturated/α-hetero) is 1. The third-order valence-corrected chi connectivity index (χ3v) is 7.99. The number of carbonyl (C=O) groups is 1. The van der Waals surface area contributed by atoms with Gasteiger partial charge in [0.2, 0.25) is 5.88 Å². The second kappa shape index (κ2) is 9.07. The average molecular weight is 620 g/mol. The first-order valence-corrected chi connectivity index (χ1v) is 13.3. The van der Waals surface area contributed by atoms with Crippen LogP contribution in [-0.4, -0.2) is 57.3 Å². The summed E-state index contributed by atoms with van der Waals surface area (Å²) in [6.45, 7) is 4.62. The van der Waals surface area contributed by atoms with Gasteiger partial charge in [0.1, 0.15) is 34.2 Å². The number of hydrogen-bond donors (Lipinski definition) is 4. The number of phenols is 2. The van der Waals surface area contributed by atoms with Crippen molar-refractivity contribution in [2.75, 3.05) is 0 Å². The summed E-state index contributed by atoms with van der Waals surface area (Å²) in [5, 5.41) is 47.0. The fourth-order valence-electron chi connectivity index (χ4n) is 5.81. The number of ketones is 1. The van der Waals surface area contributed by atoms with Crippen molar-refractivity contribution in [3.63, 3.8) is 0 Å². The van der Waals surface area contributed by atoms with Crippen molar-refractivity contribution in [1.29, 1.82) is 0 Å². The Morgan fingerprint density at radius 2 is 1.64 bits per heavy atom. The molecule has 0 amide bonds. The van der Waals surface area contributed by atoms with Crippen LogP contribution in [0.1, 0.15) is 39.8 Å². The molecule has 3 aromatic heterocycles. The molecule has 0 spiro atoms. The minimum atomic E-state index is -4.87. The summed E-state index contributed by atoms with van der Waals surface area (Å²) < 4.78 is 49.6. The van der Waals surface area contributed by atoms with Crippen molar-refractivity contribution in [3.8, 4) is 51.8 Å². The molecule has 1 aliphatic carbocycles. The lowest BCUT2D eigenvalue weighted by Gasteiger charge is -2.27. The molecule has 0 saturated heterocycles. The number of aryl methyl sites for hydroxylation is 1. The third kappa shape index (κ3) is 3.96. The number of alkyl halides is 3. The molecule has 5 aromatic rings. The van der Waals surface area contributed by atoms with Crippen molar-refractivity contribution in [2.24, 2.45) is 0 Å². The highest BCUT2D eigenvalue weighted by atomic mass is 19.4. The van der Waals surface area contributed by atoms with Gasteiger partial charge in [-0.3, -0.25) is 4.79 Å². The number of phenolic OH excluding ortho intramolecular Hbond substituents is 2. The van der Waals surface area contributed by atoms with E-state index in [-0.39, 0.29) is 61.9 Å². The van der Waals surface area contributed by atoms with Gasteiger partial charge < -0.3 is 29.9 Å². The zero-order chi connectivity index (χ0) is 32.2. The Hall–Kier alpha value is -5.86. The van der Waals surface area contributed by atoms with E-state index in [1.807, 2.05) is 0 Å². The first-order valence-electron chi connectivity index (χ1n) is 13.3. The van der Waals surface area contributed by atoms with E-state index in [1.54, 1.807) is 19.9 Å². The van der Waals surface area contributed by atoms with E-state index < -0.39 is 41.0 Å². The predicted molar refractivity (Wildman–Crippen MR) is 149 cm³/mol. The minimum absolute atomic E-state index is 0.0202. The number of fused-ring (bicyclic) bond motifs is 5. The van der Waals surface area contributed by atoms with Gasteiger partial charge in [0.15, 0.2) is 11.4 Å². The molecule has 0 saturated carbocycles. The summed E-state index contributed by atoms with van der Waals surface area (Å²) in [7, 11) is 0. The number of aromatic nitrogens is 5. The first-order chi connectivity index (χ1) is 21.2. The summed E-state index contributed by atoms with van der Waals surface area (Å²) in [6, 6.07) is 7.08. The van der Waals surface area contributed by atoms with Gasteiger partial charge in [-0.05, 0) is 57.2 Å². The fraction of sp³-hybridized carbons (Fsp3) is 0.167. The third-order valence-electron chi connectivity index (χ3n) is 7.99. The standard InChI is InChI=1S/C30H20F3N5O7/c1-11-22(39)20(16-9-8-15-26(34-16)35-28(43)36-27(15)42)24-21(23(11)40)29(3)18(44-24)10-17-19(25(29)41)12(2)37-38(17)13-4-6-14(7-5-13)45-30(31,32)33/h4-10,39-40H,1-3H3,(H2,34,35,36,42,43)/t29-/m0/s1. The highest BCUT2D eigenvalue weighted by Crippen LogP contribution is 2.60. The minimum Gasteiger partial charge on any atom is -0.507 e. The predicted octanol–water partition coefficient (Wildman–Crippen LogP) is 5.10. The maximum atomic E-state index is 14.3. The summed E-state index contributed by atoms with van der Waals surface area (Å²) in [6.07, 6.45) is -3.32. The summed E-state index contributed by atoms with van der Waals surface area (Å²) in [4.78, 5) is 26.0.